The SMILES string of the molecule is CCC(C(=O)NC(C)(C)C)N(Cc1ccccc1)C(=O)CN(c1cccc([N+](=O)[O-])c1)S(C)(=O)=O. The number of hydrogen-bond donors (Lipinski definition) is 1. The van der Waals surface area contributed by atoms with Gasteiger partial charge < -0.3 is 10.2 Å². The van der Waals surface area contributed by atoms with Crippen LogP contribution in [0.3, 0.4) is 0 Å². The zero-order chi connectivity index (χ0) is 26.4. The molecular weight excluding hydrogens is 472 g/mol. The highest BCUT2D eigenvalue weighted by Gasteiger charge is 2.33. The Morgan fingerprint density at radius 1 is 1.09 bits per heavy atom. The third-order valence-electron chi connectivity index (χ3n) is 5.09. The van der Waals surface area contributed by atoms with Crippen LogP contribution in [0.2, 0.25) is 0 Å². The molecule has 0 aromatic heterocycles. The molecule has 35 heavy (non-hydrogen) atoms. The molecule has 2 aromatic rings. The third-order valence-corrected chi connectivity index (χ3v) is 6.23. The molecule has 0 heterocycles. The van der Waals surface area contributed by atoms with Gasteiger partial charge in [-0.05, 0) is 38.8 Å². The van der Waals surface area contributed by atoms with Crippen molar-refractivity contribution in [1.29, 1.82) is 0 Å². The number of nitro benzene ring substituents is 1. The second-order valence-corrected chi connectivity index (χ2v) is 11.1. The molecule has 0 aliphatic carbocycles. The molecule has 0 aliphatic heterocycles. The molecule has 1 atom stereocenters. The number of nitro groups is 1. The standard InChI is InChI=1S/C24H32N4O6S/c1-6-21(23(30)25-24(2,3)4)26(16-18-11-8-7-9-12-18)22(29)17-27(35(5,33)34)19-13-10-14-20(15-19)28(31)32/h7-15,21H,6,16-17H2,1-5H3,(H,25,30). The maximum absolute atomic E-state index is 13.6. The number of hydrogen-bond acceptors (Lipinski definition) is 6. The first-order valence-corrected chi connectivity index (χ1v) is 13.0. The first-order valence-electron chi connectivity index (χ1n) is 11.1. The van der Waals surface area contributed by atoms with Crippen molar-refractivity contribution in [2.45, 2.75) is 52.2 Å². The van der Waals surface area contributed by atoms with Crippen LogP contribution < -0.4 is 9.62 Å². The van der Waals surface area contributed by atoms with Crippen molar-refractivity contribution < 1.29 is 22.9 Å². The molecule has 11 heteroatoms. The van der Waals surface area contributed by atoms with Gasteiger partial charge >= 0.3 is 0 Å². The largest absolute Gasteiger partial charge is 0.350 e. The summed E-state index contributed by atoms with van der Waals surface area (Å²) in [4.78, 5) is 38.6. The number of rotatable bonds is 10. The Hall–Kier alpha value is -3.47. The predicted molar refractivity (Wildman–Crippen MR) is 134 cm³/mol. The van der Waals surface area contributed by atoms with E-state index in [1.807, 2.05) is 39.0 Å². The fraction of sp³-hybridized carbons (Fsp3) is 0.417. The van der Waals surface area contributed by atoms with Crippen molar-refractivity contribution in [3.63, 3.8) is 0 Å². The summed E-state index contributed by atoms with van der Waals surface area (Å²) in [5.74, 6) is -0.966. The molecule has 0 saturated heterocycles. The third kappa shape index (κ3) is 8.06. The summed E-state index contributed by atoms with van der Waals surface area (Å²) in [5.41, 5.74) is -0.0833. The van der Waals surface area contributed by atoms with Crippen LogP contribution in [0, 0.1) is 10.1 Å². The minimum atomic E-state index is -3.98. The maximum Gasteiger partial charge on any atom is 0.271 e. The summed E-state index contributed by atoms with van der Waals surface area (Å²) in [6.45, 7) is 6.72. The van der Waals surface area contributed by atoms with Gasteiger partial charge in [0.2, 0.25) is 21.8 Å². The van der Waals surface area contributed by atoms with E-state index in [-0.39, 0.29) is 23.8 Å². The zero-order valence-electron chi connectivity index (χ0n) is 20.6. The van der Waals surface area contributed by atoms with Gasteiger partial charge in [0, 0.05) is 24.2 Å². The van der Waals surface area contributed by atoms with Gasteiger partial charge in [0.1, 0.15) is 12.6 Å². The van der Waals surface area contributed by atoms with Crippen LogP contribution in [-0.2, 0) is 26.2 Å². The lowest BCUT2D eigenvalue weighted by Crippen LogP contribution is -2.55. The van der Waals surface area contributed by atoms with E-state index in [0.29, 0.717) is 6.42 Å². The molecule has 0 bridgehead atoms. The van der Waals surface area contributed by atoms with E-state index >= 15 is 0 Å². The van der Waals surface area contributed by atoms with Crippen LogP contribution in [0.4, 0.5) is 11.4 Å². The van der Waals surface area contributed by atoms with Gasteiger partial charge in [-0.1, -0.05) is 43.3 Å². The number of amides is 2. The summed E-state index contributed by atoms with van der Waals surface area (Å²) in [6.07, 6.45) is 1.22. The molecule has 1 unspecified atom stereocenters. The van der Waals surface area contributed by atoms with Crippen LogP contribution in [-0.4, -0.2) is 54.4 Å². The van der Waals surface area contributed by atoms with Crippen molar-refractivity contribution in [3.05, 3.63) is 70.3 Å². The number of carbonyl (C=O) groups excluding carboxylic acids is 2. The topological polar surface area (TPSA) is 130 Å². The Morgan fingerprint density at radius 3 is 2.23 bits per heavy atom. The molecular formula is C24H32N4O6S. The fourth-order valence-corrected chi connectivity index (χ4v) is 4.37. The van der Waals surface area contributed by atoms with Crippen molar-refractivity contribution in [1.82, 2.24) is 10.2 Å². The predicted octanol–water partition coefficient (Wildman–Crippen LogP) is 3.08. The Labute approximate surface area is 206 Å². The van der Waals surface area contributed by atoms with E-state index in [4.69, 9.17) is 0 Å². The van der Waals surface area contributed by atoms with E-state index in [1.165, 1.54) is 23.1 Å². The van der Waals surface area contributed by atoms with Crippen LogP contribution >= 0.6 is 0 Å². The highest BCUT2D eigenvalue weighted by atomic mass is 32.2. The lowest BCUT2D eigenvalue weighted by Gasteiger charge is -2.34. The first-order chi connectivity index (χ1) is 16.2. The van der Waals surface area contributed by atoms with E-state index in [1.54, 1.807) is 19.1 Å². The smallest absolute Gasteiger partial charge is 0.271 e. The summed E-state index contributed by atoms with van der Waals surface area (Å²) >= 11 is 0. The molecule has 2 aromatic carbocycles. The van der Waals surface area contributed by atoms with Crippen LogP contribution in [0.1, 0.15) is 39.7 Å². The van der Waals surface area contributed by atoms with Crippen molar-refractivity contribution in [2.75, 3.05) is 17.1 Å². The molecule has 10 nitrogen and oxygen atoms in total. The summed E-state index contributed by atoms with van der Waals surface area (Å²) in [5, 5.41) is 14.1. The maximum atomic E-state index is 13.6. The summed E-state index contributed by atoms with van der Waals surface area (Å²) in [6, 6.07) is 13.3. The Kier molecular flexibility index (Phi) is 8.97. The lowest BCUT2D eigenvalue weighted by atomic mass is 10.1. The molecule has 2 amide bonds. The number of nitrogens with one attached hydrogen (secondary N) is 1. The van der Waals surface area contributed by atoms with Gasteiger partial charge in [0.05, 0.1) is 16.9 Å². The summed E-state index contributed by atoms with van der Waals surface area (Å²) in [7, 11) is -3.98. The number of nitrogens with zero attached hydrogens (tertiary/aromatic N) is 3. The molecule has 1 N–H and O–H groups in total. The van der Waals surface area contributed by atoms with E-state index in [0.717, 1.165) is 22.2 Å². The molecule has 0 saturated carbocycles. The Bertz CT molecular complexity index is 1160. The van der Waals surface area contributed by atoms with E-state index < -0.39 is 39.0 Å². The number of carbonyl (C=O) groups is 2. The second kappa shape index (κ2) is 11.3. The van der Waals surface area contributed by atoms with Gasteiger partial charge in [0.25, 0.3) is 5.69 Å². The minimum absolute atomic E-state index is 0.0121. The minimum Gasteiger partial charge on any atom is -0.350 e. The molecule has 0 fully saturated rings. The highest BCUT2D eigenvalue weighted by molar-refractivity contribution is 7.92. The quantitative estimate of drug-likeness (QED) is 0.391. The zero-order valence-corrected chi connectivity index (χ0v) is 21.4. The van der Waals surface area contributed by atoms with Gasteiger partial charge in [0.15, 0.2) is 0 Å². The van der Waals surface area contributed by atoms with Crippen molar-refractivity contribution >= 4 is 33.2 Å². The van der Waals surface area contributed by atoms with Crippen molar-refractivity contribution in [3.8, 4) is 0 Å². The van der Waals surface area contributed by atoms with Gasteiger partial charge in [-0.2, -0.15) is 0 Å². The molecule has 190 valence electrons. The van der Waals surface area contributed by atoms with Gasteiger partial charge in [-0.15, -0.1) is 0 Å². The molecule has 0 spiro atoms. The number of benzene rings is 2. The normalized spacial score (nSPS) is 12.5. The van der Waals surface area contributed by atoms with E-state index in [2.05, 4.69) is 5.32 Å². The number of non-ortho nitro benzene ring substituents is 1. The average molecular weight is 505 g/mol. The van der Waals surface area contributed by atoms with Crippen molar-refractivity contribution in [2.24, 2.45) is 0 Å². The molecule has 2 rings (SSSR count). The number of anilines is 1. The van der Waals surface area contributed by atoms with Gasteiger partial charge in [-0.25, -0.2) is 8.42 Å². The summed E-state index contributed by atoms with van der Waals surface area (Å²) < 4.78 is 26.0. The number of sulfonamides is 1. The van der Waals surface area contributed by atoms with Crippen LogP contribution in [0.5, 0.6) is 0 Å². The average Bonchev–Trinajstić information content (AvgIpc) is 2.76. The Balaban J connectivity index is 2.47. The van der Waals surface area contributed by atoms with Gasteiger partial charge in [-0.3, -0.25) is 24.0 Å². The second-order valence-electron chi connectivity index (χ2n) is 9.22. The fourth-order valence-electron chi connectivity index (χ4n) is 3.53. The lowest BCUT2D eigenvalue weighted by molar-refractivity contribution is -0.384. The first kappa shape index (κ1) is 27.8. The monoisotopic (exact) mass is 504 g/mol. The molecule has 0 radical (unpaired) electrons. The highest BCUT2D eigenvalue weighted by Crippen LogP contribution is 2.24. The van der Waals surface area contributed by atoms with Crippen LogP contribution in [0.25, 0.3) is 0 Å². The molecule has 0 aliphatic rings. The Morgan fingerprint density at radius 2 is 1.71 bits per heavy atom. The van der Waals surface area contributed by atoms with Crippen LogP contribution in [0.15, 0.2) is 54.6 Å². The van der Waals surface area contributed by atoms with E-state index in [9.17, 15) is 28.1 Å².